The normalized spacial score (nSPS) is 31.4. The second-order valence-electron chi connectivity index (χ2n) is 9.15. The van der Waals surface area contributed by atoms with Crippen molar-refractivity contribution in [1.82, 2.24) is 20.1 Å². The summed E-state index contributed by atoms with van der Waals surface area (Å²) < 4.78 is 5.36. The highest BCUT2D eigenvalue weighted by molar-refractivity contribution is 5.95. The van der Waals surface area contributed by atoms with Crippen LogP contribution in [0.1, 0.15) is 15.9 Å². The number of hydrogen-bond acceptors (Lipinski definition) is 5. The van der Waals surface area contributed by atoms with Crippen molar-refractivity contribution >= 4 is 5.91 Å². The molecular formula is C25H26N4O2. The Bertz CT molecular complexity index is 1050. The molecule has 1 N–H and O–H groups in total. The highest BCUT2D eigenvalue weighted by atomic mass is 16.3. The van der Waals surface area contributed by atoms with Crippen LogP contribution in [-0.4, -0.2) is 66.0 Å². The molecule has 158 valence electrons. The van der Waals surface area contributed by atoms with Crippen LogP contribution in [0, 0.1) is 5.92 Å². The van der Waals surface area contributed by atoms with Gasteiger partial charge in [-0.05, 0) is 17.7 Å². The van der Waals surface area contributed by atoms with Crippen LogP contribution in [0.15, 0.2) is 71.6 Å². The monoisotopic (exact) mass is 414 g/mol. The summed E-state index contributed by atoms with van der Waals surface area (Å²) in [5.41, 5.74) is 2.86. The predicted octanol–water partition coefficient (Wildman–Crippen LogP) is 2.64. The number of piperidine rings is 2. The Labute approximate surface area is 181 Å². The zero-order chi connectivity index (χ0) is 20.8. The molecule has 3 unspecified atom stereocenters. The average molecular weight is 415 g/mol. The Morgan fingerprint density at radius 3 is 2.35 bits per heavy atom. The Morgan fingerprint density at radius 1 is 1.00 bits per heavy atom. The fourth-order valence-electron chi connectivity index (χ4n) is 5.94. The Morgan fingerprint density at radius 2 is 1.71 bits per heavy atom. The molecule has 6 heteroatoms. The minimum atomic E-state index is -0.0750. The Balaban J connectivity index is 1.31. The number of carbonyl (C=O) groups is 1. The number of nitrogens with one attached hydrogen (secondary N) is 1. The Hall–Kier alpha value is -2.96. The number of carbonyl (C=O) groups excluding carboxylic acids is 1. The van der Waals surface area contributed by atoms with Gasteiger partial charge in [0.05, 0.1) is 6.20 Å². The molecule has 4 aliphatic rings. The van der Waals surface area contributed by atoms with Crippen LogP contribution < -0.4 is 5.32 Å². The molecule has 0 aliphatic carbocycles. The predicted molar refractivity (Wildman–Crippen MR) is 118 cm³/mol. The van der Waals surface area contributed by atoms with Crippen LogP contribution in [0.3, 0.4) is 0 Å². The zero-order valence-electron chi connectivity index (χ0n) is 17.4. The van der Waals surface area contributed by atoms with Gasteiger partial charge >= 0.3 is 0 Å². The standard InChI is InChI=1S/C25H26N4O2/c30-24(19-8-6-18(7-9-19)22-12-26-17-31-22)27-23-20-13-28-10-11-29(14-20)16-25(23,15-28)21-4-2-1-3-5-21/h1-9,12,17,20,23H,10-11,13-16H2,(H,27,30). The van der Waals surface area contributed by atoms with E-state index in [1.54, 1.807) is 6.20 Å². The molecule has 0 radical (unpaired) electrons. The molecular weight excluding hydrogens is 388 g/mol. The van der Waals surface area contributed by atoms with E-state index in [0.29, 0.717) is 17.2 Å². The number of oxazole rings is 1. The number of nitrogens with zero attached hydrogens (tertiary/aromatic N) is 3. The lowest BCUT2D eigenvalue weighted by Crippen LogP contribution is -2.70. The van der Waals surface area contributed by atoms with Gasteiger partial charge in [0, 0.05) is 67.8 Å². The van der Waals surface area contributed by atoms with E-state index in [1.165, 1.54) is 12.0 Å². The molecule has 6 nitrogen and oxygen atoms in total. The molecule has 7 rings (SSSR count). The third kappa shape index (κ3) is 3.18. The summed E-state index contributed by atoms with van der Waals surface area (Å²) in [6, 6.07) is 18.5. The van der Waals surface area contributed by atoms with Gasteiger partial charge in [0.25, 0.3) is 5.91 Å². The molecule has 31 heavy (non-hydrogen) atoms. The lowest BCUT2D eigenvalue weighted by molar-refractivity contribution is 0.0180. The van der Waals surface area contributed by atoms with Gasteiger partial charge in [-0.15, -0.1) is 0 Å². The minimum Gasteiger partial charge on any atom is -0.444 e. The molecule has 0 saturated carbocycles. The molecule has 1 aromatic heterocycles. The first-order chi connectivity index (χ1) is 15.2. The molecule has 3 atom stereocenters. The van der Waals surface area contributed by atoms with Crippen LogP contribution in [0.25, 0.3) is 11.3 Å². The van der Waals surface area contributed by atoms with Gasteiger partial charge in [0.15, 0.2) is 12.2 Å². The fourth-order valence-corrected chi connectivity index (χ4v) is 5.94. The second kappa shape index (κ2) is 7.32. The molecule has 2 aromatic carbocycles. The summed E-state index contributed by atoms with van der Waals surface area (Å²) in [6.07, 6.45) is 3.10. The summed E-state index contributed by atoms with van der Waals surface area (Å²) in [4.78, 5) is 22.5. The maximum absolute atomic E-state index is 13.3. The van der Waals surface area contributed by atoms with Gasteiger partial charge in [0.2, 0.25) is 0 Å². The summed E-state index contributed by atoms with van der Waals surface area (Å²) in [5, 5.41) is 3.47. The van der Waals surface area contributed by atoms with Crippen LogP contribution in [-0.2, 0) is 5.41 Å². The average Bonchev–Trinajstić information content (AvgIpc) is 3.23. The van der Waals surface area contributed by atoms with Crippen LogP contribution in [0.4, 0.5) is 0 Å². The van der Waals surface area contributed by atoms with Gasteiger partial charge < -0.3 is 19.5 Å². The van der Waals surface area contributed by atoms with Gasteiger partial charge in [0.1, 0.15) is 0 Å². The summed E-state index contributed by atoms with van der Waals surface area (Å²) >= 11 is 0. The van der Waals surface area contributed by atoms with Gasteiger partial charge in [-0.25, -0.2) is 4.98 Å². The van der Waals surface area contributed by atoms with E-state index in [9.17, 15) is 4.79 Å². The lowest BCUT2D eigenvalue weighted by Gasteiger charge is -2.55. The van der Waals surface area contributed by atoms with Crippen molar-refractivity contribution in [3.05, 3.63) is 78.3 Å². The molecule has 4 bridgehead atoms. The molecule has 4 fully saturated rings. The zero-order valence-corrected chi connectivity index (χ0v) is 17.4. The maximum Gasteiger partial charge on any atom is 0.251 e. The van der Waals surface area contributed by atoms with E-state index in [1.807, 2.05) is 24.3 Å². The SMILES string of the molecule is O=C(NC1C2CN3CCN(C2)CC1(c1ccccc1)C3)c1ccc(-c2cnco2)cc1. The third-order valence-corrected chi connectivity index (χ3v) is 7.30. The number of amides is 1. The molecule has 4 saturated heterocycles. The molecule has 1 amide bonds. The van der Waals surface area contributed by atoms with E-state index >= 15 is 0 Å². The number of rotatable bonds is 4. The summed E-state index contributed by atoms with van der Waals surface area (Å²) in [6.45, 7) is 6.35. The van der Waals surface area contributed by atoms with E-state index in [-0.39, 0.29) is 17.4 Å². The minimum absolute atomic E-state index is 0.000531. The van der Waals surface area contributed by atoms with Crippen LogP contribution >= 0.6 is 0 Å². The first kappa shape index (κ1) is 18.8. The van der Waals surface area contributed by atoms with Gasteiger partial charge in [-0.1, -0.05) is 42.5 Å². The first-order valence-electron chi connectivity index (χ1n) is 11.0. The van der Waals surface area contributed by atoms with Crippen LogP contribution in [0.2, 0.25) is 0 Å². The smallest absolute Gasteiger partial charge is 0.251 e. The van der Waals surface area contributed by atoms with Crippen molar-refractivity contribution in [2.24, 2.45) is 5.92 Å². The number of aromatic nitrogens is 1. The molecule has 3 aromatic rings. The topological polar surface area (TPSA) is 61.6 Å². The maximum atomic E-state index is 13.3. The lowest BCUT2D eigenvalue weighted by atomic mass is 9.64. The van der Waals surface area contributed by atoms with Gasteiger partial charge in [-0.3, -0.25) is 4.79 Å². The van der Waals surface area contributed by atoms with Crippen molar-refractivity contribution in [2.45, 2.75) is 11.5 Å². The largest absolute Gasteiger partial charge is 0.444 e. The number of benzene rings is 2. The molecule has 4 aliphatic heterocycles. The molecule has 0 spiro atoms. The molecule has 5 heterocycles. The van der Waals surface area contributed by atoms with Crippen molar-refractivity contribution in [3.8, 4) is 11.3 Å². The summed E-state index contributed by atoms with van der Waals surface area (Å²) in [5.74, 6) is 1.14. The third-order valence-electron chi connectivity index (χ3n) is 7.30. The van der Waals surface area contributed by atoms with Crippen molar-refractivity contribution in [1.29, 1.82) is 0 Å². The fraction of sp³-hybridized carbons (Fsp3) is 0.360. The van der Waals surface area contributed by atoms with Crippen molar-refractivity contribution in [3.63, 3.8) is 0 Å². The summed E-state index contributed by atoms with van der Waals surface area (Å²) in [7, 11) is 0. The van der Waals surface area contributed by atoms with Crippen molar-refractivity contribution in [2.75, 3.05) is 39.3 Å². The Kier molecular flexibility index (Phi) is 4.44. The first-order valence-corrected chi connectivity index (χ1v) is 11.0. The second-order valence-corrected chi connectivity index (χ2v) is 9.15. The quantitative estimate of drug-likeness (QED) is 0.711. The van der Waals surface area contributed by atoms with E-state index in [0.717, 1.165) is 44.8 Å². The number of fused-ring (bicyclic) bond motifs is 1. The van der Waals surface area contributed by atoms with E-state index in [2.05, 4.69) is 50.4 Å². The van der Waals surface area contributed by atoms with Crippen molar-refractivity contribution < 1.29 is 9.21 Å². The number of hydrogen-bond donors (Lipinski definition) is 1. The van der Waals surface area contributed by atoms with E-state index in [4.69, 9.17) is 4.42 Å². The van der Waals surface area contributed by atoms with Gasteiger partial charge in [-0.2, -0.15) is 0 Å². The van der Waals surface area contributed by atoms with E-state index < -0.39 is 0 Å². The van der Waals surface area contributed by atoms with Crippen LogP contribution in [0.5, 0.6) is 0 Å². The highest BCUT2D eigenvalue weighted by Gasteiger charge is 2.55. The highest BCUT2D eigenvalue weighted by Crippen LogP contribution is 2.43.